The normalized spacial score (nSPS) is 12.5. The van der Waals surface area contributed by atoms with Crippen molar-refractivity contribution >= 4 is 0 Å². The second kappa shape index (κ2) is 5.57. The van der Waals surface area contributed by atoms with Crippen molar-refractivity contribution in [3.05, 3.63) is 23.9 Å². The van der Waals surface area contributed by atoms with Gasteiger partial charge in [0.05, 0.1) is 6.61 Å². The molecule has 0 bridgehead atoms. The molecule has 0 fully saturated rings. The number of pyridine rings is 1. The van der Waals surface area contributed by atoms with Crippen LogP contribution in [0.3, 0.4) is 0 Å². The van der Waals surface area contributed by atoms with Gasteiger partial charge in [0.25, 0.3) is 0 Å². The average Bonchev–Trinajstić information content (AvgIpc) is 2.20. The zero-order valence-electron chi connectivity index (χ0n) is 8.31. The van der Waals surface area contributed by atoms with Gasteiger partial charge in [0.15, 0.2) is 0 Å². The number of nitrogens with two attached hydrogens (primary N) is 1. The molecule has 4 nitrogen and oxygen atoms in total. The molecule has 1 atom stereocenters. The first-order chi connectivity index (χ1) is 6.77. The Morgan fingerprint density at radius 1 is 1.57 bits per heavy atom. The molecular formula is C10H16N2O2. The SMILES string of the molecule is CCOc1ccc([C@@H](N)CCO)cn1. The number of aliphatic hydroxyl groups is 1. The summed E-state index contributed by atoms with van der Waals surface area (Å²) < 4.78 is 5.20. The summed E-state index contributed by atoms with van der Waals surface area (Å²) in [6.45, 7) is 2.61. The minimum Gasteiger partial charge on any atom is -0.478 e. The van der Waals surface area contributed by atoms with E-state index in [-0.39, 0.29) is 12.6 Å². The predicted molar refractivity (Wildman–Crippen MR) is 54.0 cm³/mol. The third-order valence-electron chi connectivity index (χ3n) is 1.92. The van der Waals surface area contributed by atoms with Crippen LogP contribution in [0.1, 0.15) is 24.9 Å². The van der Waals surface area contributed by atoms with Crippen molar-refractivity contribution in [1.82, 2.24) is 4.98 Å². The summed E-state index contributed by atoms with van der Waals surface area (Å²) in [6, 6.07) is 3.51. The summed E-state index contributed by atoms with van der Waals surface area (Å²) in [6.07, 6.45) is 2.24. The first kappa shape index (κ1) is 10.9. The molecule has 0 saturated heterocycles. The van der Waals surface area contributed by atoms with Gasteiger partial charge in [-0.3, -0.25) is 0 Å². The van der Waals surface area contributed by atoms with Crippen molar-refractivity contribution < 1.29 is 9.84 Å². The summed E-state index contributed by atoms with van der Waals surface area (Å²) in [7, 11) is 0. The van der Waals surface area contributed by atoms with Gasteiger partial charge in [-0.25, -0.2) is 4.98 Å². The van der Waals surface area contributed by atoms with Crippen molar-refractivity contribution in [3.8, 4) is 5.88 Å². The number of aromatic nitrogens is 1. The molecule has 78 valence electrons. The minimum absolute atomic E-state index is 0.0916. The maximum atomic E-state index is 8.71. The quantitative estimate of drug-likeness (QED) is 0.733. The first-order valence-electron chi connectivity index (χ1n) is 4.73. The second-order valence-electron chi connectivity index (χ2n) is 2.98. The Morgan fingerprint density at radius 3 is 2.86 bits per heavy atom. The highest BCUT2D eigenvalue weighted by Crippen LogP contribution is 2.15. The van der Waals surface area contributed by atoms with Crippen LogP contribution in [0.25, 0.3) is 0 Å². The third-order valence-corrected chi connectivity index (χ3v) is 1.92. The zero-order valence-corrected chi connectivity index (χ0v) is 8.31. The van der Waals surface area contributed by atoms with E-state index in [4.69, 9.17) is 15.6 Å². The summed E-state index contributed by atoms with van der Waals surface area (Å²) in [5.41, 5.74) is 6.71. The van der Waals surface area contributed by atoms with Gasteiger partial charge in [-0.15, -0.1) is 0 Å². The van der Waals surface area contributed by atoms with Gasteiger partial charge in [0.1, 0.15) is 0 Å². The van der Waals surface area contributed by atoms with Crippen LogP contribution in [0.15, 0.2) is 18.3 Å². The number of ether oxygens (including phenoxy) is 1. The zero-order chi connectivity index (χ0) is 10.4. The molecule has 1 heterocycles. The largest absolute Gasteiger partial charge is 0.478 e. The highest BCUT2D eigenvalue weighted by molar-refractivity contribution is 5.20. The van der Waals surface area contributed by atoms with E-state index >= 15 is 0 Å². The Morgan fingerprint density at radius 2 is 2.36 bits per heavy atom. The van der Waals surface area contributed by atoms with E-state index in [1.165, 1.54) is 0 Å². The molecule has 0 aliphatic rings. The molecule has 0 amide bonds. The number of hydrogen-bond donors (Lipinski definition) is 2. The van der Waals surface area contributed by atoms with Gasteiger partial charge in [0.2, 0.25) is 5.88 Å². The Bertz CT molecular complexity index is 261. The highest BCUT2D eigenvalue weighted by atomic mass is 16.5. The van der Waals surface area contributed by atoms with Gasteiger partial charge in [-0.1, -0.05) is 6.07 Å². The number of rotatable bonds is 5. The summed E-state index contributed by atoms with van der Waals surface area (Å²) in [4.78, 5) is 4.09. The monoisotopic (exact) mass is 196 g/mol. The van der Waals surface area contributed by atoms with Crippen LogP contribution in [0.4, 0.5) is 0 Å². The standard InChI is InChI=1S/C10H16N2O2/c1-2-14-10-4-3-8(7-12-10)9(11)5-6-13/h3-4,7,9,13H,2,5-6,11H2,1H3/t9-/m0/s1. The summed E-state index contributed by atoms with van der Waals surface area (Å²) in [5.74, 6) is 0.604. The highest BCUT2D eigenvalue weighted by Gasteiger charge is 2.05. The fraction of sp³-hybridized carbons (Fsp3) is 0.500. The van der Waals surface area contributed by atoms with Crippen LogP contribution in [0.2, 0.25) is 0 Å². The van der Waals surface area contributed by atoms with Crippen LogP contribution in [-0.2, 0) is 0 Å². The third kappa shape index (κ3) is 2.97. The maximum Gasteiger partial charge on any atom is 0.213 e. The summed E-state index contributed by atoms with van der Waals surface area (Å²) >= 11 is 0. The molecule has 0 spiro atoms. The van der Waals surface area contributed by atoms with Crippen LogP contribution >= 0.6 is 0 Å². The number of hydrogen-bond acceptors (Lipinski definition) is 4. The lowest BCUT2D eigenvalue weighted by atomic mass is 10.1. The Labute approximate surface area is 83.7 Å². The smallest absolute Gasteiger partial charge is 0.213 e. The molecule has 1 aromatic rings. The number of nitrogens with zero attached hydrogens (tertiary/aromatic N) is 1. The van der Waals surface area contributed by atoms with Gasteiger partial charge in [-0.05, 0) is 18.9 Å². The molecule has 4 heteroatoms. The lowest BCUT2D eigenvalue weighted by Crippen LogP contribution is -2.12. The fourth-order valence-corrected chi connectivity index (χ4v) is 1.15. The molecule has 0 unspecified atom stereocenters. The summed E-state index contributed by atoms with van der Waals surface area (Å²) in [5, 5.41) is 8.71. The molecule has 0 saturated carbocycles. The van der Waals surface area contributed by atoms with Gasteiger partial charge < -0.3 is 15.6 Å². The van der Waals surface area contributed by atoms with Crippen molar-refractivity contribution in [2.75, 3.05) is 13.2 Å². The van der Waals surface area contributed by atoms with Crippen LogP contribution in [-0.4, -0.2) is 23.3 Å². The molecular weight excluding hydrogens is 180 g/mol. The molecule has 14 heavy (non-hydrogen) atoms. The lowest BCUT2D eigenvalue weighted by molar-refractivity contribution is 0.276. The fourth-order valence-electron chi connectivity index (χ4n) is 1.15. The van der Waals surface area contributed by atoms with E-state index in [2.05, 4.69) is 4.98 Å². The molecule has 1 aromatic heterocycles. The van der Waals surface area contributed by atoms with E-state index in [9.17, 15) is 0 Å². The van der Waals surface area contributed by atoms with Crippen LogP contribution < -0.4 is 10.5 Å². The van der Waals surface area contributed by atoms with E-state index in [1.807, 2.05) is 13.0 Å². The van der Waals surface area contributed by atoms with E-state index in [0.29, 0.717) is 18.9 Å². The molecule has 0 aliphatic carbocycles. The number of aliphatic hydroxyl groups excluding tert-OH is 1. The molecule has 0 aliphatic heterocycles. The average molecular weight is 196 g/mol. The topological polar surface area (TPSA) is 68.4 Å². The molecule has 3 N–H and O–H groups in total. The van der Waals surface area contributed by atoms with E-state index in [0.717, 1.165) is 5.56 Å². The predicted octanol–water partition coefficient (Wildman–Crippen LogP) is 0.863. The van der Waals surface area contributed by atoms with Gasteiger partial charge in [0, 0.05) is 24.9 Å². The minimum atomic E-state index is -0.150. The van der Waals surface area contributed by atoms with Crippen LogP contribution in [0, 0.1) is 0 Å². The molecule has 1 rings (SSSR count). The van der Waals surface area contributed by atoms with E-state index in [1.54, 1.807) is 12.3 Å². The lowest BCUT2D eigenvalue weighted by Gasteiger charge is -2.10. The van der Waals surface area contributed by atoms with Crippen molar-refractivity contribution in [1.29, 1.82) is 0 Å². The van der Waals surface area contributed by atoms with Crippen molar-refractivity contribution in [3.63, 3.8) is 0 Å². The van der Waals surface area contributed by atoms with Gasteiger partial charge in [-0.2, -0.15) is 0 Å². The van der Waals surface area contributed by atoms with Gasteiger partial charge >= 0.3 is 0 Å². The maximum absolute atomic E-state index is 8.71. The molecule has 0 aromatic carbocycles. The Kier molecular flexibility index (Phi) is 4.35. The first-order valence-corrected chi connectivity index (χ1v) is 4.73. The Balaban J connectivity index is 2.62. The van der Waals surface area contributed by atoms with Crippen molar-refractivity contribution in [2.45, 2.75) is 19.4 Å². The Hall–Kier alpha value is -1.13. The van der Waals surface area contributed by atoms with Crippen LogP contribution in [0.5, 0.6) is 5.88 Å². The van der Waals surface area contributed by atoms with Crippen molar-refractivity contribution in [2.24, 2.45) is 5.73 Å². The molecule has 0 radical (unpaired) electrons. The second-order valence-corrected chi connectivity index (χ2v) is 2.98. The van der Waals surface area contributed by atoms with E-state index < -0.39 is 0 Å².